The molecule has 2 nitrogen and oxygen atoms in total. The monoisotopic (exact) mass is 304 g/mol. The summed E-state index contributed by atoms with van der Waals surface area (Å²) in [6, 6.07) is 1.14. The minimum absolute atomic E-state index is 0.213. The number of hydrogen-bond acceptors (Lipinski definition) is 2. The van der Waals surface area contributed by atoms with Crippen molar-refractivity contribution in [1.29, 1.82) is 0 Å². The van der Waals surface area contributed by atoms with Gasteiger partial charge < -0.3 is 5.73 Å². The maximum atomic E-state index is 12.8. The molecule has 0 amide bonds. The van der Waals surface area contributed by atoms with E-state index in [0.29, 0.717) is 43.7 Å². The molecule has 0 aromatic rings. The average molecular weight is 304 g/mol. The quantitative estimate of drug-likeness (QED) is 0.800. The van der Waals surface area contributed by atoms with Gasteiger partial charge in [0.1, 0.15) is 0 Å². The Kier molecular flexibility index (Phi) is 4.51. The lowest BCUT2D eigenvalue weighted by atomic mass is 9.74. The molecule has 3 rings (SSSR count). The molecule has 3 unspecified atom stereocenters. The number of nitrogens with zero attached hydrogens (tertiary/aromatic N) is 1. The molecular formula is C16H27F3N2. The molecule has 5 heteroatoms. The van der Waals surface area contributed by atoms with Gasteiger partial charge in [-0.2, -0.15) is 13.2 Å². The van der Waals surface area contributed by atoms with Crippen molar-refractivity contribution >= 4 is 0 Å². The molecule has 0 bridgehead atoms. The summed E-state index contributed by atoms with van der Waals surface area (Å²) in [4.78, 5) is 2.50. The molecule has 3 fully saturated rings. The van der Waals surface area contributed by atoms with Gasteiger partial charge in [-0.25, -0.2) is 0 Å². The molecule has 2 saturated carbocycles. The number of likely N-dealkylation sites (tertiary alicyclic amines) is 1. The van der Waals surface area contributed by atoms with Crippen molar-refractivity contribution in [3.63, 3.8) is 0 Å². The molecule has 122 valence electrons. The van der Waals surface area contributed by atoms with Crippen LogP contribution in [0.25, 0.3) is 0 Å². The van der Waals surface area contributed by atoms with Gasteiger partial charge in [-0.15, -0.1) is 0 Å². The van der Waals surface area contributed by atoms with E-state index in [2.05, 4.69) is 4.90 Å². The van der Waals surface area contributed by atoms with Gasteiger partial charge in [0.15, 0.2) is 0 Å². The topological polar surface area (TPSA) is 29.3 Å². The van der Waals surface area contributed by atoms with Gasteiger partial charge in [0.05, 0.1) is 5.92 Å². The Morgan fingerprint density at radius 2 is 1.57 bits per heavy atom. The summed E-state index contributed by atoms with van der Waals surface area (Å²) in [6.07, 6.45) is 4.14. The second-order valence-corrected chi connectivity index (χ2v) is 7.35. The highest BCUT2D eigenvalue weighted by atomic mass is 19.4. The predicted molar refractivity (Wildman–Crippen MR) is 76.8 cm³/mol. The van der Waals surface area contributed by atoms with Crippen LogP contribution in [0.3, 0.4) is 0 Å². The minimum atomic E-state index is -4.00. The highest BCUT2D eigenvalue weighted by Gasteiger charge is 2.45. The first-order valence-corrected chi connectivity index (χ1v) is 8.53. The van der Waals surface area contributed by atoms with E-state index in [1.807, 2.05) is 0 Å². The SMILES string of the molecule is NC1CC2CCCCC2N(C2CCC(C(F)(F)F)CC2)C1. The third-order valence-electron chi connectivity index (χ3n) is 5.97. The van der Waals surface area contributed by atoms with Crippen molar-refractivity contribution in [2.45, 2.75) is 82.1 Å². The summed E-state index contributed by atoms with van der Waals surface area (Å²) < 4.78 is 38.4. The Hall–Kier alpha value is -0.290. The summed E-state index contributed by atoms with van der Waals surface area (Å²) in [7, 11) is 0. The molecule has 3 aliphatic rings. The Balaban J connectivity index is 1.63. The molecule has 3 atom stereocenters. The molecule has 0 spiro atoms. The number of fused-ring (bicyclic) bond motifs is 1. The largest absolute Gasteiger partial charge is 0.391 e. The summed E-state index contributed by atoms with van der Waals surface area (Å²) in [5.74, 6) is -0.391. The molecule has 0 aromatic heterocycles. The first-order chi connectivity index (χ1) is 9.95. The van der Waals surface area contributed by atoms with Gasteiger partial charge in [0.2, 0.25) is 0 Å². The number of nitrogens with two attached hydrogens (primary N) is 1. The lowest BCUT2D eigenvalue weighted by Gasteiger charge is -2.51. The Morgan fingerprint density at radius 1 is 0.905 bits per heavy atom. The summed E-state index contributed by atoms with van der Waals surface area (Å²) in [5, 5.41) is 0. The lowest BCUT2D eigenvalue weighted by molar-refractivity contribution is -0.185. The molecule has 2 aliphatic carbocycles. The summed E-state index contributed by atoms with van der Waals surface area (Å²) in [5.41, 5.74) is 6.21. The van der Waals surface area contributed by atoms with Crippen molar-refractivity contribution in [3.05, 3.63) is 0 Å². The maximum Gasteiger partial charge on any atom is 0.391 e. The minimum Gasteiger partial charge on any atom is -0.327 e. The van der Waals surface area contributed by atoms with Crippen LogP contribution in [-0.2, 0) is 0 Å². The third-order valence-corrected chi connectivity index (χ3v) is 5.97. The third kappa shape index (κ3) is 3.39. The molecule has 1 heterocycles. The van der Waals surface area contributed by atoms with E-state index in [9.17, 15) is 13.2 Å². The molecule has 21 heavy (non-hydrogen) atoms. The normalized spacial score (nSPS) is 42.6. The molecule has 1 saturated heterocycles. The van der Waals surface area contributed by atoms with Crippen molar-refractivity contribution in [2.75, 3.05) is 6.54 Å². The Morgan fingerprint density at radius 3 is 2.24 bits per heavy atom. The van der Waals surface area contributed by atoms with E-state index in [1.54, 1.807) is 0 Å². The maximum absolute atomic E-state index is 12.8. The number of halogens is 3. The van der Waals surface area contributed by atoms with Crippen molar-refractivity contribution in [2.24, 2.45) is 17.6 Å². The van der Waals surface area contributed by atoms with Gasteiger partial charge in [-0.3, -0.25) is 4.90 Å². The van der Waals surface area contributed by atoms with Crippen LogP contribution in [0.4, 0.5) is 13.2 Å². The zero-order valence-corrected chi connectivity index (χ0v) is 12.6. The Bertz CT molecular complexity index is 350. The van der Waals surface area contributed by atoms with Crippen molar-refractivity contribution in [3.8, 4) is 0 Å². The first kappa shape index (κ1) is 15.6. The molecule has 2 N–H and O–H groups in total. The van der Waals surface area contributed by atoms with Crippen molar-refractivity contribution in [1.82, 2.24) is 4.90 Å². The molecule has 0 aromatic carbocycles. The average Bonchev–Trinajstić information content (AvgIpc) is 2.45. The van der Waals surface area contributed by atoms with E-state index in [0.717, 1.165) is 13.0 Å². The van der Waals surface area contributed by atoms with Crippen LogP contribution in [0.5, 0.6) is 0 Å². The molecule has 1 aliphatic heterocycles. The fourth-order valence-corrected chi connectivity index (χ4v) is 4.92. The van der Waals surface area contributed by atoms with E-state index >= 15 is 0 Å². The van der Waals surface area contributed by atoms with E-state index in [1.165, 1.54) is 25.7 Å². The first-order valence-electron chi connectivity index (χ1n) is 8.53. The van der Waals surface area contributed by atoms with Crippen LogP contribution < -0.4 is 5.73 Å². The van der Waals surface area contributed by atoms with Crippen LogP contribution in [0, 0.1) is 11.8 Å². The van der Waals surface area contributed by atoms with Gasteiger partial charge in [0, 0.05) is 24.7 Å². The van der Waals surface area contributed by atoms with Gasteiger partial charge in [-0.1, -0.05) is 12.8 Å². The second kappa shape index (κ2) is 6.07. The number of hydrogen-bond donors (Lipinski definition) is 1. The number of alkyl halides is 3. The second-order valence-electron chi connectivity index (χ2n) is 7.35. The van der Waals surface area contributed by atoms with Crippen LogP contribution in [-0.4, -0.2) is 35.7 Å². The Labute approximate surface area is 125 Å². The van der Waals surface area contributed by atoms with E-state index < -0.39 is 12.1 Å². The molecular weight excluding hydrogens is 277 g/mol. The number of piperidine rings is 1. The summed E-state index contributed by atoms with van der Waals surface area (Å²) >= 11 is 0. The van der Waals surface area contributed by atoms with E-state index in [4.69, 9.17) is 5.73 Å². The zero-order valence-electron chi connectivity index (χ0n) is 12.6. The van der Waals surface area contributed by atoms with Crippen LogP contribution >= 0.6 is 0 Å². The zero-order chi connectivity index (χ0) is 15.0. The van der Waals surface area contributed by atoms with Crippen LogP contribution in [0.15, 0.2) is 0 Å². The van der Waals surface area contributed by atoms with Crippen molar-refractivity contribution < 1.29 is 13.2 Å². The fraction of sp³-hybridized carbons (Fsp3) is 1.00. The van der Waals surface area contributed by atoms with Crippen LogP contribution in [0.2, 0.25) is 0 Å². The van der Waals surface area contributed by atoms with Crippen LogP contribution in [0.1, 0.15) is 57.8 Å². The number of rotatable bonds is 1. The smallest absolute Gasteiger partial charge is 0.327 e. The molecule has 0 radical (unpaired) electrons. The fourth-order valence-electron chi connectivity index (χ4n) is 4.92. The van der Waals surface area contributed by atoms with Gasteiger partial charge in [0.25, 0.3) is 0 Å². The van der Waals surface area contributed by atoms with E-state index in [-0.39, 0.29) is 6.04 Å². The highest BCUT2D eigenvalue weighted by Crippen LogP contribution is 2.42. The summed E-state index contributed by atoms with van der Waals surface area (Å²) in [6.45, 7) is 0.891. The highest BCUT2D eigenvalue weighted by molar-refractivity contribution is 4.96. The van der Waals surface area contributed by atoms with Gasteiger partial charge >= 0.3 is 6.18 Å². The predicted octanol–water partition coefficient (Wildman–Crippen LogP) is 3.70. The standard InChI is InChI=1S/C16H27F3N2/c17-16(18,19)12-5-7-14(8-6-12)21-10-13(20)9-11-3-1-2-4-15(11)21/h11-15H,1-10,20H2. The van der Waals surface area contributed by atoms with Gasteiger partial charge in [-0.05, 0) is 50.9 Å². The lowest BCUT2D eigenvalue weighted by Crippen LogP contribution is -2.58.